The maximum absolute atomic E-state index is 11.6. The second-order valence-corrected chi connectivity index (χ2v) is 5.25. The van der Waals surface area contributed by atoms with Crippen molar-refractivity contribution in [3.63, 3.8) is 0 Å². The van der Waals surface area contributed by atoms with Crippen molar-refractivity contribution in [3.05, 3.63) is 53.0 Å². The number of ether oxygens (including phenoxy) is 1. The first kappa shape index (κ1) is 15.1. The fourth-order valence-corrected chi connectivity index (χ4v) is 2.07. The number of nitrogen functional groups attached to an aromatic ring is 1. The maximum atomic E-state index is 11.6. The van der Waals surface area contributed by atoms with Crippen LogP contribution in [0.2, 0.25) is 0 Å². The van der Waals surface area contributed by atoms with Crippen molar-refractivity contribution in [2.45, 2.75) is 33.3 Å². The van der Waals surface area contributed by atoms with Crippen molar-refractivity contribution in [2.75, 3.05) is 0 Å². The predicted octanol–water partition coefficient (Wildman–Crippen LogP) is 2.89. The van der Waals surface area contributed by atoms with E-state index in [9.17, 15) is 4.79 Å². The van der Waals surface area contributed by atoms with Gasteiger partial charge in [0, 0.05) is 0 Å². The zero-order chi connectivity index (χ0) is 15.4. The van der Waals surface area contributed by atoms with Gasteiger partial charge in [0.2, 0.25) is 0 Å². The minimum absolute atomic E-state index is 0.177. The molecule has 1 aromatic carbocycles. The van der Waals surface area contributed by atoms with Gasteiger partial charge in [-0.25, -0.2) is 5.84 Å². The van der Waals surface area contributed by atoms with Gasteiger partial charge >= 0.3 is 0 Å². The lowest BCUT2D eigenvalue weighted by Gasteiger charge is -2.11. The summed E-state index contributed by atoms with van der Waals surface area (Å²) in [5.41, 5.74) is 4.82. The molecule has 1 heterocycles. The van der Waals surface area contributed by atoms with E-state index in [1.54, 1.807) is 6.07 Å². The summed E-state index contributed by atoms with van der Waals surface area (Å²) in [7, 11) is 0. The smallest absolute Gasteiger partial charge is 0.268 e. The minimum atomic E-state index is -0.394. The van der Waals surface area contributed by atoms with Gasteiger partial charge in [-0.2, -0.15) is 0 Å². The number of carbonyl (C=O) groups excluding carboxylic acids is 1. The summed E-state index contributed by atoms with van der Waals surface area (Å²) in [5, 5.41) is 0. The van der Waals surface area contributed by atoms with E-state index in [0.29, 0.717) is 17.2 Å². The van der Waals surface area contributed by atoms with Crippen molar-refractivity contribution in [2.24, 2.45) is 5.84 Å². The molecule has 0 aliphatic rings. The molecule has 2 rings (SSSR count). The van der Waals surface area contributed by atoms with E-state index in [1.165, 1.54) is 11.8 Å². The van der Waals surface area contributed by atoms with Gasteiger partial charge in [-0.05, 0) is 42.2 Å². The van der Waals surface area contributed by atoms with Crippen LogP contribution in [0.1, 0.15) is 47.0 Å². The molecule has 0 bridgehead atoms. The SMILES string of the molecule is Cc1cc(OCc2occc2C(=O)NN)cc(C(C)C)c1. The average molecular weight is 288 g/mol. The molecule has 0 fully saturated rings. The van der Waals surface area contributed by atoms with Crippen LogP contribution in [0.3, 0.4) is 0 Å². The van der Waals surface area contributed by atoms with E-state index >= 15 is 0 Å². The maximum Gasteiger partial charge on any atom is 0.268 e. The number of amides is 1. The third-order valence-electron chi connectivity index (χ3n) is 3.23. The zero-order valence-electron chi connectivity index (χ0n) is 12.5. The van der Waals surface area contributed by atoms with Gasteiger partial charge in [-0.15, -0.1) is 0 Å². The lowest BCUT2D eigenvalue weighted by Crippen LogP contribution is -2.30. The second kappa shape index (κ2) is 6.45. The van der Waals surface area contributed by atoms with E-state index < -0.39 is 5.91 Å². The molecular formula is C16H20N2O3. The Balaban J connectivity index is 2.13. The largest absolute Gasteiger partial charge is 0.486 e. The lowest BCUT2D eigenvalue weighted by molar-refractivity contribution is 0.0949. The molecule has 112 valence electrons. The number of furan rings is 1. The fourth-order valence-electron chi connectivity index (χ4n) is 2.07. The molecule has 0 saturated carbocycles. The number of rotatable bonds is 5. The van der Waals surface area contributed by atoms with Crippen LogP contribution < -0.4 is 16.0 Å². The third-order valence-corrected chi connectivity index (χ3v) is 3.23. The number of aryl methyl sites for hydroxylation is 1. The van der Waals surface area contributed by atoms with Gasteiger partial charge in [0.15, 0.2) is 5.76 Å². The Hall–Kier alpha value is -2.27. The molecule has 0 saturated heterocycles. The molecule has 21 heavy (non-hydrogen) atoms. The van der Waals surface area contributed by atoms with Crippen molar-refractivity contribution in [3.8, 4) is 5.75 Å². The van der Waals surface area contributed by atoms with Gasteiger partial charge in [0.25, 0.3) is 5.91 Å². The molecule has 0 radical (unpaired) electrons. The van der Waals surface area contributed by atoms with E-state index in [4.69, 9.17) is 15.0 Å². The average Bonchev–Trinajstić information content (AvgIpc) is 2.92. The Morgan fingerprint density at radius 2 is 2.14 bits per heavy atom. The molecule has 3 N–H and O–H groups in total. The van der Waals surface area contributed by atoms with Gasteiger partial charge in [0.1, 0.15) is 12.4 Å². The molecule has 5 nitrogen and oxygen atoms in total. The van der Waals surface area contributed by atoms with Crippen LogP contribution in [-0.2, 0) is 6.61 Å². The Bertz CT molecular complexity index is 632. The minimum Gasteiger partial charge on any atom is -0.486 e. The summed E-state index contributed by atoms with van der Waals surface area (Å²) >= 11 is 0. The highest BCUT2D eigenvalue weighted by molar-refractivity contribution is 5.94. The van der Waals surface area contributed by atoms with Gasteiger partial charge < -0.3 is 9.15 Å². The first-order valence-corrected chi connectivity index (χ1v) is 6.83. The van der Waals surface area contributed by atoms with Crippen molar-refractivity contribution in [1.82, 2.24) is 5.43 Å². The second-order valence-electron chi connectivity index (χ2n) is 5.25. The Labute approximate surface area is 124 Å². The summed E-state index contributed by atoms with van der Waals surface area (Å²) in [5.74, 6) is 6.37. The summed E-state index contributed by atoms with van der Waals surface area (Å²) < 4.78 is 11.0. The Morgan fingerprint density at radius 1 is 1.38 bits per heavy atom. The summed E-state index contributed by atoms with van der Waals surface area (Å²) in [6, 6.07) is 7.66. The fraction of sp³-hybridized carbons (Fsp3) is 0.312. The van der Waals surface area contributed by atoms with Crippen molar-refractivity contribution >= 4 is 5.91 Å². The van der Waals surface area contributed by atoms with Crippen molar-refractivity contribution < 1.29 is 13.9 Å². The monoisotopic (exact) mass is 288 g/mol. The van der Waals surface area contributed by atoms with Crippen LogP contribution in [0.5, 0.6) is 5.75 Å². The molecule has 0 spiro atoms. The third kappa shape index (κ3) is 3.64. The van der Waals surface area contributed by atoms with E-state index in [-0.39, 0.29) is 6.61 Å². The van der Waals surface area contributed by atoms with Gasteiger partial charge in [-0.3, -0.25) is 10.2 Å². The quantitative estimate of drug-likeness (QED) is 0.504. The highest BCUT2D eigenvalue weighted by Crippen LogP contribution is 2.24. The van der Waals surface area contributed by atoms with Crippen LogP contribution >= 0.6 is 0 Å². The van der Waals surface area contributed by atoms with Crippen LogP contribution in [-0.4, -0.2) is 5.91 Å². The number of nitrogens with one attached hydrogen (secondary N) is 1. The molecule has 2 aromatic rings. The van der Waals surface area contributed by atoms with Crippen LogP contribution in [0.25, 0.3) is 0 Å². The van der Waals surface area contributed by atoms with E-state index in [0.717, 1.165) is 11.3 Å². The molecular weight excluding hydrogens is 268 g/mol. The van der Waals surface area contributed by atoms with Crippen LogP contribution in [0.15, 0.2) is 34.9 Å². The lowest BCUT2D eigenvalue weighted by atomic mass is 10.0. The molecule has 0 atom stereocenters. The number of hydrogen-bond donors (Lipinski definition) is 2. The first-order chi connectivity index (χ1) is 10.0. The summed E-state index contributed by atoms with van der Waals surface area (Å²) in [6.07, 6.45) is 1.44. The highest BCUT2D eigenvalue weighted by Gasteiger charge is 2.14. The molecule has 1 amide bonds. The van der Waals surface area contributed by atoms with Gasteiger partial charge in [0.05, 0.1) is 11.8 Å². The molecule has 0 unspecified atom stereocenters. The van der Waals surface area contributed by atoms with E-state index in [1.807, 2.05) is 19.1 Å². The summed E-state index contributed by atoms with van der Waals surface area (Å²) in [6.45, 7) is 6.47. The molecule has 5 heteroatoms. The Morgan fingerprint density at radius 3 is 2.81 bits per heavy atom. The molecule has 0 aliphatic heterocycles. The zero-order valence-corrected chi connectivity index (χ0v) is 12.5. The highest BCUT2D eigenvalue weighted by atomic mass is 16.5. The number of hydrazine groups is 1. The summed E-state index contributed by atoms with van der Waals surface area (Å²) in [4.78, 5) is 11.6. The normalized spacial score (nSPS) is 10.7. The van der Waals surface area contributed by atoms with Gasteiger partial charge in [-0.1, -0.05) is 19.9 Å². The Kier molecular flexibility index (Phi) is 4.65. The molecule has 0 aliphatic carbocycles. The first-order valence-electron chi connectivity index (χ1n) is 6.83. The number of nitrogens with two attached hydrogens (primary N) is 1. The van der Waals surface area contributed by atoms with Crippen molar-refractivity contribution in [1.29, 1.82) is 0 Å². The predicted molar refractivity (Wildman–Crippen MR) is 80.0 cm³/mol. The number of carbonyl (C=O) groups is 1. The standard InChI is InChI=1S/C16H20N2O3/c1-10(2)12-6-11(3)7-13(8-12)21-9-15-14(4-5-20-15)16(19)18-17/h4-8,10H,9,17H2,1-3H3,(H,18,19). The van der Waals surface area contributed by atoms with E-state index in [2.05, 4.69) is 25.3 Å². The number of benzene rings is 1. The molecule has 1 aromatic heterocycles. The topological polar surface area (TPSA) is 77.5 Å². The number of hydrogen-bond acceptors (Lipinski definition) is 4. The van der Waals surface area contributed by atoms with Crippen LogP contribution in [0, 0.1) is 6.92 Å². The van der Waals surface area contributed by atoms with Crippen LogP contribution in [0.4, 0.5) is 0 Å².